The van der Waals surface area contributed by atoms with E-state index in [1.165, 1.54) is 0 Å². The molecule has 120 valence electrons. The second kappa shape index (κ2) is 5.98. The predicted molar refractivity (Wildman–Crippen MR) is 77.7 cm³/mol. The molecule has 7 heteroatoms. The summed E-state index contributed by atoms with van der Waals surface area (Å²) >= 11 is 0. The highest BCUT2D eigenvalue weighted by atomic mass is 16.5. The Morgan fingerprint density at radius 3 is 2.95 bits per heavy atom. The second-order valence-corrected chi connectivity index (χ2v) is 5.69. The Morgan fingerprint density at radius 1 is 1.41 bits per heavy atom. The van der Waals surface area contributed by atoms with Crippen LogP contribution < -0.4 is 4.74 Å². The summed E-state index contributed by atoms with van der Waals surface area (Å²) in [6, 6.07) is 0. The normalized spacial score (nSPS) is 20.5. The number of nitrogens with zero attached hydrogens (tertiary/aromatic N) is 3. The number of ether oxygens (including phenoxy) is 2. The highest BCUT2D eigenvalue weighted by Crippen LogP contribution is 2.27. The van der Waals surface area contributed by atoms with Gasteiger partial charge in [0.1, 0.15) is 6.61 Å². The molecule has 3 rings (SSSR count). The van der Waals surface area contributed by atoms with Gasteiger partial charge in [0.15, 0.2) is 5.69 Å². The van der Waals surface area contributed by atoms with Crippen LogP contribution in [0.4, 0.5) is 0 Å². The Bertz CT molecular complexity index is 596. The number of fused-ring (bicyclic) bond motifs is 1. The van der Waals surface area contributed by atoms with Crippen molar-refractivity contribution in [3.63, 3.8) is 0 Å². The summed E-state index contributed by atoms with van der Waals surface area (Å²) in [5, 5.41) is 4.36. The van der Waals surface area contributed by atoms with E-state index < -0.39 is 0 Å². The lowest BCUT2D eigenvalue weighted by molar-refractivity contribution is -0.149. The molecule has 0 aromatic carbocycles. The Labute approximate surface area is 129 Å². The quantitative estimate of drug-likeness (QED) is 0.779. The van der Waals surface area contributed by atoms with Gasteiger partial charge in [-0.3, -0.25) is 9.59 Å². The molecular formula is C15H21N3O4. The molecule has 1 aromatic rings. The molecule has 0 spiro atoms. The molecule has 1 unspecified atom stereocenters. The lowest BCUT2D eigenvalue weighted by Crippen LogP contribution is -2.43. The summed E-state index contributed by atoms with van der Waals surface area (Å²) in [6.07, 6.45) is 1.57. The van der Waals surface area contributed by atoms with Crippen LogP contribution in [-0.4, -0.2) is 52.9 Å². The van der Waals surface area contributed by atoms with Gasteiger partial charge in [-0.2, -0.15) is 5.10 Å². The van der Waals surface area contributed by atoms with E-state index in [9.17, 15) is 9.59 Å². The lowest BCUT2D eigenvalue weighted by Gasteiger charge is -2.31. The van der Waals surface area contributed by atoms with Gasteiger partial charge in [-0.1, -0.05) is 0 Å². The largest absolute Gasteiger partial charge is 0.476 e. The van der Waals surface area contributed by atoms with Gasteiger partial charge in [-0.25, -0.2) is 4.68 Å². The lowest BCUT2D eigenvalue weighted by atomic mass is 9.98. The van der Waals surface area contributed by atoms with Crippen LogP contribution in [0.25, 0.3) is 0 Å². The molecule has 1 saturated heterocycles. The van der Waals surface area contributed by atoms with Crippen molar-refractivity contribution in [2.75, 3.05) is 26.3 Å². The van der Waals surface area contributed by atoms with Gasteiger partial charge in [-0.15, -0.1) is 0 Å². The fourth-order valence-corrected chi connectivity index (χ4v) is 3.07. The topological polar surface area (TPSA) is 73.7 Å². The molecule has 0 radical (unpaired) electrons. The molecule has 1 aromatic heterocycles. The van der Waals surface area contributed by atoms with Crippen LogP contribution in [0.5, 0.6) is 5.88 Å². The van der Waals surface area contributed by atoms with Gasteiger partial charge in [0.05, 0.1) is 19.1 Å². The third kappa shape index (κ3) is 2.55. The molecule has 3 heterocycles. The minimum absolute atomic E-state index is 0.128. The van der Waals surface area contributed by atoms with E-state index in [0.717, 1.165) is 18.4 Å². The number of carbonyl (C=O) groups is 2. The summed E-state index contributed by atoms with van der Waals surface area (Å²) in [4.78, 5) is 26.3. The standard InChI is InChI=1S/C15H21N3O4/c1-3-21-15(20)11-5-4-6-17(9-11)13(19)12-10(2)14-18(16-12)7-8-22-14/h11H,3-9H2,1-2H3. The van der Waals surface area contributed by atoms with Crippen molar-refractivity contribution in [2.24, 2.45) is 5.92 Å². The first-order valence-corrected chi connectivity index (χ1v) is 7.78. The number of carbonyl (C=O) groups excluding carboxylic acids is 2. The van der Waals surface area contributed by atoms with E-state index in [-0.39, 0.29) is 17.8 Å². The molecule has 22 heavy (non-hydrogen) atoms. The minimum atomic E-state index is -0.233. The minimum Gasteiger partial charge on any atom is -0.476 e. The molecule has 0 saturated carbocycles. The maximum atomic E-state index is 12.7. The first-order valence-electron chi connectivity index (χ1n) is 7.78. The Kier molecular flexibility index (Phi) is 4.04. The predicted octanol–water partition coefficient (Wildman–Crippen LogP) is 0.999. The molecule has 1 fully saturated rings. The van der Waals surface area contributed by atoms with E-state index in [2.05, 4.69) is 5.10 Å². The van der Waals surface area contributed by atoms with Crippen molar-refractivity contribution < 1.29 is 19.1 Å². The van der Waals surface area contributed by atoms with Crippen LogP contribution in [0.2, 0.25) is 0 Å². The zero-order valence-electron chi connectivity index (χ0n) is 13.0. The third-order valence-electron chi connectivity index (χ3n) is 4.20. The zero-order chi connectivity index (χ0) is 15.7. The van der Waals surface area contributed by atoms with Crippen LogP contribution in [0.1, 0.15) is 35.8 Å². The smallest absolute Gasteiger partial charge is 0.310 e. The van der Waals surface area contributed by atoms with Crippen LogP contribution in [0, 0.1) is 12.8 Å². The van der Waals surface area contributed by atoms with Crippen molar-refractivity contribution in [1.82, 2.24) is 14.7 Å². The number of hydrogen-bond acceptors (Lipinski definition) is 5. The number of likely N-dealkylation sites (tertiary alicyclic amines) is 1. The first kappa shape index (κ1) is 14.9. The molecule has 1 amide bonds. The average molecular weight is 307 g/mol. The molecule has 2 aliphatic rings. The molecule has 0 bridgehead atoms. The highest BCUT2D eigenvalue weighted by Gasteiger charge is 2.33. The second-order valence-electron chi connectivity index (χ2n) is 5.69. The van der Waals surface area contributed by atoms with Crippen molar-refractivity contribution in [3.8, 4) is 5.88 Å². The van der Waals surface area contributed by atoms with Gasteiger partial charge in [-0.05, 0) is 26.7 Å². The van der Waals surface area contributed by atoms with Crippen molar-refractivity contribution >= 4 is 11.9 Å². The number of aromatic nitrogens is 2. The van der Waals surface area contributed by atoms with Crippen LogP contribution in [0.3, 0.4) is 0 Å². The summed E-state index contributed by atoms with van der Waals surface area (Å²) in [7, 11) is 0. The third-order valence-corrected chi connectivity index (χ3v) is 4.20. The highest BCUT2D eigenvalue weighted by molar-refractivity contribution is 5.94. The van der Waals surface area contributed by atoms with E-state index >= 15 is 0 Å². The SMILES string of the molecule is CCOC(=O)C1CCCN(C(=O)c2nn3c(c2C)OCC3)C1. The molecule has 2 aliphatic heterocycles. The molecular weight excluding hydrogens is 286 g/mol. The fourth-order valence-electron chi connectivity index (χ4n) is 3.07. The average Bonchev–Trinajstić information content (AvgIpc) is 3.10. The van der Waals surface area contributed by atoms with Crippen molar-refractivity contribution in [2.45, 2.75) is 33.2 Å². The molecule has 0 aliphatic carbocycles. The Balaban J connectivity index is 1.73. The van der Waals surface area contributed by atoms with Crippen LogP contribution in [-0.2, 0) is 16.1 Å². The van der Waals surface area contributed by atoms with Gasteiger partial charge >= 0.3 is 5.97 Å². The summed E-state index contributed by atoms with van der Waals surface area (Å²) in [6.45, 7) is 6.34. The van der Waals surface area contributed by atoms with Gasteiger partial charge in [0.2, 0.25) is 5.88 Å². The van der Waals surface area contributed by atoms with E-state index in [1.807, 2.05) is 6.92 Å². The molecule has 1 atom stereocenters. The fraction of sp³-hybridized carbons (Fsp3) is 0.667. The van der Waals surface area contributed by atoms with Gasteiger partial charge in [0.25, 0.3) is 5.91 Å². The summed E-state index contributed by atoms with van der Waals surface area (Å²) in [5.41, 5.74) is 1.21. The Hall–Kier alpha value is -2.05. The van der Waals surface area contributed by atoms with Crippen molar-refractivity contribution in [1.29, 1.82) is 0 Å². The molecule has 7 nitrogen and oxygen atoms in total. The maximum absolute atomic E-state index is 12.7. The Morgan fingerprint density at radius 2 is 2.23 bits per heavy atom. The van der Waals surface area contributed by atoms with E-state index in [1.54, 1.807) is 16.5 Å². The van der Waals surface area contributed by atoms with E-state index in [4.69, 9.17) is 9.47 Å². The summed E-state index contributed by atoms with van der Waals surface area (Å²) < 4.78 is 12.3. The van der Waals surface area contributed by atoms with Gasteiger partial charge < -0.3 is 14.4 Å². The van der Waals surface area contributed by atoms with Crippen LogP contribution >= 0.6 is 0 Å². The number of rotatable bonds is 3. The monoisotopic (exact) mass is 307 g/mol. The number of hydrogen-bond donors (Lipinski definition) is 0. The van der Waals surface area contributed by atoms with E-state index in [0.29, 0.717) is 44.4 Å². The van der Waals surface area contributed by atoms with Gasteiger partial charge in [0, 0.05) is 18.7 Å². The number of piperidine rings is 1. The van der Waals surface area contributed by atoms with Crippen molar-refractivity contribution in [3.05, 3.63) is 11.3 Å². The first-order chi connectivity index (χ1) is 10.6. The summed E-state index contributed by atoms with van der Waals surface area (Å²) in [5.74, 6) is 0.107. The van der Waals surface area contributed by atoms with Crippen LogP contribution in [0.15, 0.2) is 0 Å². The number of esters is 1. The molecule has 0 N–H and O–H groups in total. The zero-order valence-corrected chi connectivity index (χ0v) is 13.0. The maximum Gasteiger partial charge on any atom is 0.310 e. The number of amides is 1.